The van der Waals surface area contributed by atoms with Crippen molar-refractivity contribution in [2.75, 3.05) is 26.2 Å². The number of nitrogens with zero attached hydrogens (tertiary/aromatic N) is 2. The Kier molecular flexibility index (Phi) is 5.61. The van der Waals surface area contributed by atoms with E-state index in [4.69, 9.17) is 0 Å². The van der Waals surface area contributed by atoms with Crippen LogP contribution in [-0.2, 0) is 11.3 Å². The summed E-state index contributed by atoms with van der Waals surface area (Å²) < 4.78 is 12.9. The molecule has 1 aliphatic heterocycles. The molecule has 3 rings (SSSR count). The predicted octanol–water partition coefficient (Wildman–Crippen LogP) is 3.49. The fraction of sp³-hybridized carbons (Fsp3) is 0.286. The number of rotatable bonds is 4. The molecule has 130 valence electrons. The highest BCUT2D eigenvalue weighted by molar-refractivity contribution is 5.91. The van der Waals surface area contributed by atoms with Gasteiger partial charge in [0.15, 0.2) is 0 Å². The highest BCUT2D eigenvalue weighted by Gasteiger charge is 2.19. The Balaban J connectivity index is 1.50. The van der Waals surface area contributed by atoms with Gasteiger partial charge in [0, 0.05) is 38.8 Å². The van der Waals surface area contributed by atoms with Crippen LogP contribution in [0.5, 0.6) is 0 Å². The molecule has 25 heavy (non-hydrogen) atoms. The van der Waals surface area contributed by atoms with Crippen LogP contribution in [0.2, 0.25) is 0 Å². The van der Waals surface area contributed by atoms with E-state index >= 15 is 0 Å². The fourth-order valence-corrected chi connectivity index (χ4v) is 3.00. The molecule has 1 amide bonds. The van der Waals surface area contributed by atoms with Gasteiger partial charge in [0.1, 0.15) is 5.82 Å². The smallest absolute Gasteiger partial charge is 0.246 e. The van der Waals surface area contributed by atoms with E-state index < -0.39 is 0 Å². The lowest BCUT2D eigenvalue weighted by Crippen LogP contribution is -2.47. The lowest BCUT2D eigenvalue weighted by Gasteiger charge is -2.34. The minimum absolute atomic E-state index is 0.0138. The number of carbonyl (C=O) groups is 1. The number of benzene rings is 2. The van der Waals surface area contributed by atoms with Gasteiger partial charge in [-0.15, -0.1) is 0 Å². The molecule has 0 saturated carbocycles. The van der Waals surface area contributed by atoms with Crippen LogP contribution >= 0.6 is 0 Å². The number of amides is 1. The third-order valence-electron chi connectivity index (χ3n) is 4.63. The molecule has 0 bridgehead atoms. The molecule has 0 atom stereocenters. The van der Waals surface area contributed by atoms with E-state index in [1.807, 2.05) is 4.90 Å². The molecule has 2 aromatic rings. The molecule has 4 heteroatoms. The minimum atomic E-state index is -0.270. The molecule has 0 spiro atoms. The summed E-state index contributed by atoms with van der Waals surface area (Å²) in [4.78, 5) is 16.6. The summed E-state index contributed by atoms with van der Waals surface area (Å²) >= 11 is 0. The Labute approximate surface area is 148 Å². The summed E-state index contributed by atoms with van der Waals surface area (Å²) in [5.74, 6) is -0.256. The second kappa shape index (κ2) is 8.08. The predicted molar refractivity (Wildman–Crippen MR) is 98.5 cm³/mol. The maximum atomic E-state index is 12.9. The molecule has 0 unspecified atom stereocenters. The van der Waals surface area contributed by atoms with E-state index in [2.05, 4.69) is 36.1 Å². The number of halogens is 1. The van der Waals surface area contributed by atoms with Gasteiger partial charge >= 0.3 is 0 Å². The van der Waals surface area contributed by atoms with Gasteiger partial charge in [-0.25, -0.2) is 4.39 Å². The van der Waals surface area contributed by atoms with E-state index in [9.17, 15) is 9.18 Å². The molecule has 1 aliphatic rings. The van der Waals surface area contributed by atoms with Crippen molar-refractivity contribution in [1.82, 2.24) is 9.80 Å². The second-order valence-corrected chi connectivity index (χ2v) is 6.41. The highest BCUT2D eigenvalue weighted by Crippen LogP contribution is 2.13. The lowest BCUT2D eigenvalue weighted by atomic mass is 10.1. The first kappa shape index (κ1) is 17.4. The molecule has 0 radical (unpaired) electrons. The number of piperazine rings is 1. The molecule has 0 aliphatic carbocycles. The van der Waals surface area contributed by atoms with Gasteiger partial charge in [-0.1, -0.05) is 36.4 Å². The van der Waals surface area contributed by atoms with E-state index in [1.54, 1.807) is 24.3 Å². The Morgan fingerprint density at radius 2 is 1.72 bits per heavy atom. The first-order chi connectivity index (χ1) is 12.1. The van der Waals surface area contributed by atoms with Crippen LogP contribution in [0, 0.1) is 12.7 Å². The zero-order valence-corrected chi connectivity index (χ0v) is 14.5. The van der Waals surface area contributed by atoms with E-state index in [-0.39, 0.29) is 11.7 Å². The van der Waals surface area contributed by atoms with Gasteiger partial charge in [-0.3, -0.25) is 9.69 Å². The number of hydrogen-bond acceptors (Lipinski definition) is 2. The van der Waals surface area contributed by atoms with Crippen LogP contribution in [0.25, 0.3) is 6.08 Å². The third kappa shape index (κ3) is 4.77. The molecule has 0 aromatic heterocycles. The quantitative estimate of drug-likeness (QED) is 0.797. The van der Waals surface area contributed by atoms with E-state index in [0.29, 0.717) is 0 Å². The maximum absolute atomic E-state index is 12.9. The highest BCUT2D eigenvalue weighted by atomic mass is 19.1. The van der Waals surface area contributed by atoms with Crippen molar-refractivity contribution in [3.05, 3.63) is 77.1 Å². The van der Waals surface area contributed by atoms with Crippen molar-refractivity contribution >= 4 is 12.0 Å². The summed E-state index contributed by atoms with van der Waals surface area (Å²) in [6.07, 6.45) is 3.31. The summed E-state index contributed by atoms with van der Waals surface area (Å²) in [6, 6.07) is 14.6. The van der Waals surface area contributed by atoms with Crippen LogP contribution in [0.4, 0.5) is 4.39 Å². The van der Waals surface area contributed by atoms with Crippen molar-refractivity contribution in [1.29, 1.82) is 0 Å². The van der Waals surface area contributed by atoms with Crippen molar-refractivity contribution in [2.24, 2.45) is 0 Å². The van der Waals surface area contributed by atoms with Gasteiger partial charge in [-0.05, 0) is 41.8 Å². The van der Waals surface area contributed by atoms with Gasteiger partial charge in [-0.2, -0.15) is 0 Å². The average Bonchev–Trinajstić information content (AvgIpc) is 2.63. The molecule has 2 aromatic carbocycles. The Bertz CT molecular complexity index is 747. The normalized spacial score (nSPS) is 15.7. The molecule has 1 fully saturated rings. The Morgan fingerprint density at radius 3 is 2.40 bits per heavy atom. The summed E-state index contributed by atoms with van der Waals surface area (Å²) in [7, 11) is 0. The standard InChI is InChI=1S/C21H23FN2O/c1-17-4-2-3-5-19(17)16-23-12-14-24(15-13-23)21(25)11-8-18-6-9-20(22)10-7-18/h2-11H,12-16H2,1H3/b11-8+. The van der Waals surface area contributed by atoms with Gasteiger partial charge in [0.05, 0.1) is 0 Å². The summed E-state index contributed by atoms with van der Waals surface area (Å²) in [6.45, 7) is 6.29. The molecule has 1 saturated heterocycles. The SMILES string of the molecule is Cc1ccccc1CN1CCN(C(=O)/C=C/c2ccc(F)cc2)CC1. The largest absolute Gasteiger partial charge is 0.337 e. The first-order valence-electron chi connectivity index (χ1n) is 8.61. The van der Waals surface area contributed by atoms with Gasteiger partial charge in [0.2, 0.25) is 5.91 Å². The van der Waals surface area contributed by atoms with Crippen LogP contribution < -0.4 is 0 Å². The fourth-order valence-electron chi connectivity index (χ4n) is 3.00. The number of aryl methyl sites for hydroxylation is 1. The third-order valence-corrected chi connectivity index (χ3v) is 4.63. The Morgan fingerprint density at radius 1 is 1.04 bits per heavy atom. The zero-order chi connectivity index (χ0) is 17.6. The monoisotopic (exact) mass is 338 g/mol. The van der Waals surface area contributed by atoms with Crippen LogP contribution in [-0.4, -0.2) is 41.9 Å². The van der Waals surface area contributed by atoms with Gasteiger partial charge < -0.3 is 4.90 Å². The summed E-state index contributed by atoms with van der Waals surface area (Å²) in [5, 5.41) is 0. The van der Waals surface area contributed by atoms with Crippen LogP contribution in [0.1, 0.15) is 16.7 Å². The molecule has 0 N–H and O–H groups in total. The van der Waals surface area contributed by atoms with E-state index in [0.717, 1.165) is 38.3 Å². The molecular formula is C21H23FN2O. The van der Waals surface area contributed by atoms with Crippen LogP contribution in [0.15, 0.2) is 54.6 Å². The van der Waals surface area contributed by atoms with Crippen molar-refractivity contribution < 1.29 is 9.18 Å². The Hall–Kier alpha value is -2.46. The van der Waals surface area contributed by atoms with Crippen molar-refractivity contribution in [3.8, 4) is 0 Å². The molecule has 3 nitrogen and oxygen atoms in total. The topological polar surface area (TPSA) is 23.6 Å². The van der Waals surface area contributed by atoms with Crippen molar-refractivity contribution in [2.45, 2.75) is 13.5 Å². The maximum Gasteiger partial charge on any atom is 0.246 e. The first-order valence-corrected chi connectivity index (χ1v) is 8.61. The summed E-state index contributed by atoms with van der Waals surface area (Å²) in [5.41, 5.74) is 3.48. The zero-order valence-electron chi connectivity index (χ0n) is 14.5. The van der Waals surface area contributed by atoms with E-state index in [1.165, 1.54) is 23.3 Å². The molecule has 1 heterocycles. The minimum Gasteiger partial charge on any atom is -0.337 e. The van der Waals surface area contributed by atoms with Gasteiger partial charge in [0.25, 0.3) is 0 Å². The number of carbonyl (C=O) groups excluding carboxylic acids is 1. The average molecular weight is 338 g/mol. The van der Waals surface area contributed by atoms with Crippen LogP contribution in [0.3, 0.4) is 0 Å². The second-order valence-electron chi connectivity index (χ2n) is 6.41. The van der Waals surface area contributed by atoms with Crippen molar-refractivity contribution in [3.63, 3.8) is 0 Å². The number of hydrogen-bond donors (Lipinski definition) is 0. The molecular weight excluding hydrogens is 315 g/mol. The lowest BCUT2D eigenvalue weighted by molar-refractivity contribution is -0.127.